The number of alkyl halides is 3. The normalized spacial score (nSPS) is 13.2. The molecule has 0 radical (unpaired) electrons. The van der Waals surface area contributed by atoms with E-state index in [1.165, 1.54) is 30.6 Å². The van der Waals surface area contributed by atoms with Gasteiger partial charge in [0.05, 0.1) is 29.3 Å². The molecule has 12 heteroatoms. The molecule has 0 aliphatic carbocycles. The number of nitro groups is 1. The number of hydrogen-bond acceptors (Lipinski definition) is 7. The molecule has 1 N–H and O–H groups in total. The highest BCUT2D eigenvalue weighted by atomic mass is 19.4. The van der Waals surface area contributed by atoms with Gasteiger partial charge in [-0.1, -0.05) is 6.07 Å². The first-order chi connectivity index (χ1) is 15.3. The van der Waals surface area contributed by atoms with Gasteiger partial charge < -0.3 is 10.2 Å². The Hall–Kier alpha value is -4.27. The Morgan fingerprint density at radius 3 is 2.66 bits per heavy atom. The number of nitrogens with one attached hydrogen (secondary N) is 1. The Bertz CT molecular complexity index is 1220. The zero-order valence-corrected chi connectivity index (χ0v) is 16.3. The summed E-state index contributed by atoms with van der Waals surface area (Å²) in [5.41, 5.74) is 0.225. The predicted molar refractivity (Wildman–Crippen MR) is 109 cm³/mol. The molecule has 0 fully saturated rings. The van der Waals surface area contributed by atoms with Crippen LogP contribution in [0.2, 0.25) is 0 Å². The van der Waals surface area contributed by atoms with Crippen molar-refractivity contribution in [2.45, 2.75) is 19.1 Å². The first kappa shape index (κ1) is 21.0. The maximum Gasteiger partial charge on any atom is 0.407 e. The number of halogens is 3. The largest absolute Gasteiger partial charge is 0.407 e. The molecule has 0 saturated carbocycles. The fraction of sp³-hybridized carbons (Fsp3) is 0.200. The highest BCUT2D eigenvalue weighted by molar-refractivity contribution is 5.64. The van der Waals surface area contributed by atoms with Crippen LogP contribution in [0.15, 0.2) is 42.9 Å². The van der Waals surface area contributed by atoms with Crippen molar-refractivity contribution in [3.05, 3.63) is 81.2 Å². The number of fused-ring (bicyclic) bond motifs is 1. The summed E-state index contributed by atoms with van der Waals surface area (Å²) < 4.78 is 40.0. The number of anilines is 3. The molecule has 3 heterocycles. The van der Waals surface area contributed by atoms with Gasteiger partial charge in [-0.2, -0.15) is 13.2 Å². The number of pyridine rings is 1. The smallest absolute Gasteiger partial charge is 0.365 e. The average molecular weight is 441 g/mol. The minimum Gasteiger partial charge on any atom is -0.365 e. The highest BCUT2D eigenvalue weighted by Crippen LogP contribution is 2.39. The summed E-state index contributed by atoms with van der Waals surface area (Å²) in [7, 11) is 0. The summed E-state index contributed by atoms with van der Waals surface area (Å²) in [6.07, 6.45) is -1.71. The second-order valence-corrected chi connectivity index (χ2v) is 6.91. The van der Waals surface area contributed by atoms with E-state index in [1.54, 1.807) is 4.90 Å². The summed E-state index contributed by atoms with van der Waals surface area (Å²) >= 11 is 0. The lowest BCUT2D eigenvalue weighted by atomic mass is 10.0. The molecule has 9 nitrogen and oxygen atoms in total. The molecular formula is C20H14F3N7O2. The van der Waals surface area contributed by atoms with Gasteiger partial charge in [0, 0.05) is 23.9 Å². The maximum atomic E-state index is 13.3. The van der Waals surface area contributed by atoms with Gasteiger partial charge in [0.1, 0.15) is 24.2 Å². The zero-order chi connectivity index (χ0) is 22.9. The van der Waals surface area contributed by atoms with Crippen molar-refractivity contribution < 1.29 is 18.1 Å². The Labute approximate surface area is 179 Å². The van der Waals surface area contributed by atoms with Crippen molar-refractivity contribution in [1.82, 2.24) is 15.0 Å². The van der Waals surface area contributed by atoms with Crippen molar-refractivity contribution in [3.63, 3.8) is 0 Å². The van der Waals surface area contributed by atoms with Crippen LogP contribution in [0.5, 0.6) is 0 Å². The van der Waals surface area contributed by atoms with Gasteiger partial charge in [-0.25, -0.2) is 19.8 Å². The molecule has 162 valence electrons. The third-order valence-electron chi connectivity index (χ3n) is 4.98. The maximum absolute atomic E-state index is 13.3. The lowest BCUT2D eigenvalue weighted by molar-refractivity contribution is -0.385. The lowest BCUT2D eigenvalue weighted by Crippen LogP contribution is -2.32. The monoisotopic (exact) mass is 441 g/mol. The van der Waals surface area contributed by atoms with E-state index in [9.17, 15) is 23.3 Å². The molecule has 4 rings (SSSR count). The third-order valence-corrected chi connectivity index (χ3v) is 4.98. The summed E-state index contributed by atoms with van der Waals surface area (Å²) in [4.78, 5) is 27.4. The molecule has 0 bridgehead atoms. The molecule has 32 heavy (non-hydrogen) atoms. The number of aromatic nitrogens is 3. The van der Waals surface area contributed by atoms with Crippen molar-refractivity contribution >= 4 is 28.7 Å². The van der Waals surface area contributed by atoms with Gasteiger partial charge in [-0.15, -0.1) is 0 Å². The van der Waals surface area contributed by atoms with E-state index in [0.29, 0.717) is 36.0 Å². The molecule has 0 unspecified atom stereocenters. The SMILES string of the molecule is [C-]#[N+]c1ccc(N2CCc3c(ncnc3Nc3ccc([N+](=O)[O-])cn3)C2)cc1C(F)(F)F. The van der Waals surface area contributed by atoms with Crippen LogP contribution in [0.3, 0.4) is 0 Å². The van der Waals surface area contributed by atoms with E-state index in [4.69, 9.17) is 6.57 Å². The average Bonchev–Trinajstić information content (AvgIpc) is 2.78. The summed E-state index contributed by atoms with van der Waals surface area (Å²) in [6.45, 7) is 7.65. The van der Waals surface area contributed by atoms with E-state index in [2.05, 4.69) is 25.1 Å². The van der Waals surface area contributed by atoms with Gasteiger partial charge >= 0.3 is 6.18 Å². The molecule has 1 aliphatic heterocycles. The third kappa shape index (κ3) is 4.13. The van der Waals surface area contributed by atoms with E-state index >= 15 is 0 Å². The summed E-state index contributed by atoms with van der Waals surface area (Å²) in [5.74, 6) is 0.846. The quantitative estimate of drug-likeness (QED) is 0.357. The Balaban J connectivity index is 1.58. The first-order valence-electron chi connectivity index (χ1n) is 9.30. The Kier molecular flexibility index (Phi) is 5.31. The number of nitrogens with zero attached hydrogens (tertiary/aromatic N) is 6. The van der Waals surface area contributed by atoms with E-state index in [0.717, 1.165) is 17.8 Å². The summed E-state index contributed by atoms with van der Waals surface area (Å²) in [6, 6.07) is 6.43. The second-order valence-electron chi connectivity index (χ2n) is 6.91. The van der Waals surface area contributed by atoms with Gasteiger partial charge in [-0.05, 0) is 24.6 Å². The number of benzene rings is 1. The van der Waals surface area contributed by atoms with Crippen molar-refractivity contribution in [2.75, 3.05) is 16.8 Å². The lowest BCUT2D eigenvalue weighted by Gasteiger charge is -2.31. The fourth-order valence-electron chi connectivity index (χ4n) is 3.42. The molecule has 2 aromatic heterocycles. The van der Waals surface area contributed by atoms with Gasteiger partial charge in [0.2, 0.25) is 0 Å². The number of hydrogen-bond donors (Lipinski definition) is 1. The Morgan fingerprint density at radius 1 is 1.19 bits per heavy atom. The fourth-order valence-corrected chi connectivity index (χ4v) is 3.42. The van der Waals surface area contributed by atoms with E-state index in [-0.39, 0.29) is 12.2 Å². The minimum atomic E-state index is -4.62. The summed E-state index contributed by atoms with van der Waals surface area (Å²) in [5, 5.41) is 13.8. The molecule has 0 spiro atoms. The van der Waals surface area contributed by atoms with Crippen molar-refractivity contribution in [3.8, 4) is 0 Å². The van der Waals surface area contributed by atoms with Crippen LogP contribution in [0.25, 0.3) is 4.85 Å². The standard InChI is InChI=1S/C20H14F3N7O2/c1-24-16-4-2-12(8-15(16)20(21,22)23)29-7-6-14-17(10-29)26-11-27-19(14)28-18-5-3-13(9-25-18)30(31)32/h2-5,8-9,11H,6-7,10H2,(H,25,26,27,28). The van der Waals surface area contributed by atoms with Crippen LogP contribution < -0.4 is 10.2 Å². The first-order valence-corrected chi connectivity index (χ1v) is 9.30. The second kappa shape index (κ2) is 8.10. The molecule has 0 saturated heterocycles. The molecule has 1 aromatic carbocycles. The zero-order valence-electron chi connectivity index (χ0n) is 16.3. The molecule has 0 atom stereocenters. The molecule has 1 aliphatic rings. The highest BCUT2D eigenvalue weighted by Gasteiger charge is 2.34. The van der Waals surface area contributed by atoms with Crippen LogP contribution >= 0.6 is 0 Å². The van der Waals surface area contributed by atoms with Crippen LogP contribution in [-0.2, 0) is 19.1 Å². The predicted octanol–water partition coefficient (Wildman–Crippen LogP) is 4.66. The van der Waals surface area contributed by atoms with Crippen molar-refractivity contribution in [2.24, 2.45) is 0 Å². The number of rotatable bonds is 4. The molecule has 3 aromatic rings. The van der Waals surface area contributed by atoms with E-state index in [1.807, 2.05) is 0 Å². The van der Waals surface area contributed by atoms with Crippen molar-refractivity contribution in [1.29, 1.82) is 0 Å². The van der Waals surface area contributed by atoms with Crippen LogP contribution in [0.1, 0.15) is 16.8 Å². The topological polar surface area (TPSA) is 101 Å². The molecule has 0 amide bonds. The van der Waals surface area contributed by atoms with Gasteiger partial charge in [0.25, 0.3) is 5.69 Å². The van der Waals surface area contributed by atoms with Gasteiger partial charge in [-0.3, -0.25) is 10.1 Å². The molecular weight excluding hydrogens is 427 g/mol. The van der Waals surface area contributed by atoms with E-state index < -0.39 is 22.4 Å². The van der Waals surface area contributed by atoms with Crippen LogP contribution in [0, 0.1) is 16.7 Å². The van der Waals surface area contributed by atoms with Gasteiger partial charge in [0.15, 0.2) is 5.69 Å². The Morgan fingerprint density at radius 2 is 2.00 bits per heavy atom. The van der Waals surface area contributed by atoms with Crippen LogP contribution in [0.4, 0.5) is 41.9 Å². The van der Waals surface area contributed by atoms with Crippen LogP contribution in [-0.4, -0.2) is 26.4 Å². The minimum absolute atomic E-state index is 0.140.